The number of amides is 1. The van der Waals surface area contributed by atoms with Crippen LogP contribution in [0.1, 0.15) is 20.8 Å². The molecule has 0 saturated heterocycles. The molecule has 8 heteroatoms. The van der Waals surface area contributed by atoms with Crippen molar-refractivity contribution in [1.82, 2.24) is 9.88 Å². The molecule has 1 aromatic heterocycles. The van der Waals surface area contributed by atoms with Gasteiger partial charge in [-0.05, 0) is 13.1 Å². The van der Waals surface area contributed by atoms with Crippen molar-refractivity contribution in [2.75, 3.05) is 37.9 Å². The number of likely N-dealkylation sites (N-methyl/N-ethyl adjacent to an activating group) is 1. The molecule has 0 saturated carbocycles. The summed E-state index contributed by atoms with van der Waals surface area (Å²) in [6, 6.07) is 3.81. The van der Waals surface area contributed by atoms with E-state index in [2.05, 4.69) is 23.7 Å². The van der Waals surface area contributed by atoms with Crippen molar-refractivity contribution in [3.63, 3.8) is 0 Å². The zero-order valence-electron chi connectivity index (χ0n) is 14.1. The van der Waals surface area contributed by atoms with Gasteiger partial charge in [-0.1, -0.05) is 25.2 Å². The van der Waals surface area contributed by atoms with E-state index >= 15 is 0 Å². The van der Waals surface area contributed by atoms with E-state index in [1.165, 1.54) is 11.3 Å². The number of nitrogens with zero attached hydrogens (tertiary/aromatic N) is 3. The largest absolute Gasteiger partial charge is 0.454 e. The molecule has 1 aliphatic heterocycles. The van der Waals surface area contributed by atoms with Gasteiger partial charge in [-0.15, -0.1) is 12.4 Å². The van der Waals surface area contributed by atoms with E-state index in [0.29, 0.717) is 12.3 Å². The van der Waals surface area contributed by atoms with Gasteiger partial charge in [0.25, 0.3) is 0 Å². The van der Waals surface area contributed by atoms with E-state index in [9.17, 15) is 4.79 Å². The molecular weight excluding hydrogens is 350 g/mol. The molecule has 132 valence electrons. The lowest BCUT2D eigenvalue weighted by molar-refractivity contribution is -0.116. The van der Waals surface area contributed by atoms with Gasteiger partial charge in [0.1, 0.15) is 0 Å². The van der Waals surface area contributed by atoms with E-state index < -0.39 is 0 Å². The molecule has 0 N–H and O–H groups in total. The smallest absolute Gasteiger partial charge is 0.231 e. The summed E-state index contributed by atoms with van der Waals surface area (Å²) in [5.74, 6) is 1.47. The van der Waals surface area contributed by atoms with Crippen LogP contribution < -0.4 is 14.4 Å². The summed E-state index contributed by atoms with van der Waals surface area (Å²) < 4.78 is 11.8. The number of thiazole rings is 1. The molecule has 1 amide bonds. The number of rotatable bonds is 6. The number of halogens is 1. The van der Waals surface area contributed by atoms with Crippen LogP contribution in [0.5, 0.6) is 11.5 Å². The highest BCUT2D eigenvalue weighted by Crippen LogP contribution is 2.39. The molecular formula is C16H22ClN3O3S. The van der Waals surface area contributed by atoms with Gasteiger partial charge in [0, 0.05) is 32.1 Å². The van der Waals surface area contributed by atoms with Crippen LogP contribution in [0.15, 0.2) is 12.1 Å². The van der Waals surface area contributed by atoms with Gasteiger partial charge in [0.05, 0.1) is 10.2 Å². The first kappa shape index (κ1) is 18.8. The Morgan fingerprint density at radius 1 is 1.21 bits per heavy atom. The van der Waals surface area contributed by atoms with E-state index in [0.717, 1.165) is 40.7 Å². The average molecular weight is 372 g/mol. The number of carbonyl (C=O) groups is 1. The number of ether oxygens (including phenoxy) is 2. The topological polar surface area (TPSA) is 54.9 Å². The third-order valence-corrected chi connectivity index (χ3v) is 5.06. The van der Waals surface area contributed by atoms with E-state index in [4.69, 9.17) is 9.47 Å². The SMILES string of the molecule is CCN(CC)CCN(C(C)=O)c1nc2cc3c(cc2s1)OCO3.Cl. The van der Waals surface area contributed by atoms with E-state index in [1.807, 2.05) is 12.1 Å². The Morgan fingerprint density at radius 2 is 1.88 bits per heavy atom. The first-order valence-electron chi connectivity index (χ1n) is 7.83. The van der Waals surface area contributed by atoms with Crippen LogP contribution >= 0.6 is 23.7 Å². The lowest BCUT2D eigenvalue weighted by Gasteiger charge is -2.23. The van der Waals surface area contributed by atoms with Crippen LogP contribution in [-0.4, -0.2) is 48.8 Å². The van der Waals surface area contributed by atoms with Gasteiger partial charge < -0.3 is 14.4 Å². The summed E-state index contributed by atoms with van der Waals surface area (Å²) in [6.07, 6.45) is 0. The van der Waals surface area contributed by atoms with Crippen molar-refractivity contribution in [1.29, 1.82) is 0 Å². The monoisotopic (exact) mass is 371 g/mol. The Morgan fingerprint density at radius 3 is 2.50 bits per heavy atom. The van der Waals surface area contributed by atoms with Crippen molar-refractivity contribution in [2.45, 2.75) is 20.8 Å². The normalized spacial score (nSPS) is 12.5. The number of fused-ring (bicyclic) bond motifs is 2. The summed E-state index contributed by atoms with van der Waals surface area (Å²) in [6.45, 7) is 9.52. The Labute approximate surface area is 151 Å². The molecule has 0 fully saturated rings. The van der Waals surface area contributed by atoms with Gasteiger partial charge in [0.15, 0.2) is 16.6 Å². The Bertz CT molecular complexity index is 677. The molecule has 6 nitrogen and oxygen atoms in total. The highest BCUT2D eigenvalue weighted by molar-refractivity contribution is 7.22. The second-order valence-electron chi connectivity index (χ2n) is 5.37. The first-order chi connectivity index (χ1) is 11.1. The van der Waals surface area contributed by atoms with Crippen molar-refractivity contribution < 1.29 is 14.3 Å². The maximum atomic E-state index is 12.0. The summed E-state index contributed by atoms with van der Waals surface area (Å²) >= 11 is 1.51. The minimum atomic E-state index is 0. The van der Waals surface area contributed by atoms with Crippen LogP contribution in [0.3, 0.4) is 0 Å². The second kappa shape index (κ2) is 8.00. The summed E-state index contributed by atoms with van der Waals surface area (Å²) in [5.41, 5.74) is 0.836. The minimum absolute atomic E-state index is 0. The molecule has 0 spiro atoms. The zero-order valence-corrected chi connectivity index (χ0v) is 15.7. The predicted molar refractivity (Wildman–Crippen MR) is 98.8 cm³/mol. The molecule has 2 heterocycles. The predicted octanol–water partition coefficient (Wildman–Crippen LogP) is 3.14. The maximum absolute atomic E-state index is 12.0. The third kappa shape index (κ3) is 3.74. The van der Waals surface area contributed by atoms with Gasteiger partial charge in [-0.3, -0.25) is 9.69 Å². The van der Waals surface area contributed by atoms with Crippen LogP contribution in [0.4, 0.5) is 5.13 Å². The fourth-order valence-electron chi connectivity index (χ4n) is 2.59. The molecule has 0 unspecified atom stereocenters. The molecule has 1 aliphatic rings. The quantitative estimate of drug-likeness (QED) is 0.780. The van der Waals surface area contributed by atoms with Crippen LogP contribution in [0, 0.1) is 0 Å². The standard InChI is InChI=1S/C16H21N3O3S.ClH/c1-4-18(5-2)6-7-19(11(3)20)16-17-12-8-13-14(22-10-21-13)9-15(12)23-16;/h8-9H,4-7,10H2,1-3H3;1H. The minimum Gasteiger partial charge on any atom is -0.454 e. The molecule has 0 radical (unpaired) electrons. The number of aromatic nitrogens is 1. The van der Waals surface area contributed by atoms with Crippen LogP contribution in [0.25, 0.3) is 10.2 Å². The maximum Gasteiger partial charge on any atom is 0.231 e. The molecule has 0 aliphatic carbocycles. The highest BCUT2D eigenvalue weighted by atomic mass is 35.5. The molecule has 2 aromatic rings. The Hall–Kier alpha value is -1.57. The zero-order chi connectivity index (χ0) is 16.4. The summed E-state index contributed by atoms with van der Waals surface area (Å²) in [7, 11) is 0. The number of hydrogen-bond donors (Lipinski definition) is 0. The van der Waals surface area contributed by atoms with Crippen LogP contribution in [0.2, 0.25) is 0 Å². The van der Waals surface area contributed by atoms with E-state index in [-0.39, 0.29) is 25.1 Å². The molecule has 3 rings (SSSR count). The number of anilines is 1. The van der Waals surface area contributed by atoms with Gasteiger partial charge >= 0.3 is 0 Å². The Kier molecular flexibility index (Phi) is 6.26. The molecule has 1 aromatic carbocycles. The van der Waals surface area contributed by atoms with E-state index in [1.54, 1.807) is 11.8 Å². The van der Waals surface area contributed by atoms with Gasteiger partial charge in [-0.2, -0.15) is 0 Å². The highest BCUT2D eigenvalue weighted by Gasteiger charge is 2.20. The third-order valence-electron chi connectivity index (χ3n) is 4.02. The van der Waals surface area contributed by atoms with Crippen molar-refractivity contribution >= 4 is 45.0 Å². The van der Waals surface area contributed by atoms with Crippen molar-refractivity contribution in [2.24, 2.45) is 0 Å². The summed E-state index contributed by atoms with van der Waals surface area (Å²) in [5, 5.41) is 0.725. The fraction of sp³-hybridized carbons (Fsp3) is 0.500. The fourth-order valence-corrected chi connectivity index (χ4v) is 3.64. The lowest BCUT2D eigenvalue weighted by Crippen LogP contribution is -2.37. The second-order valence-corrected chi connectivity index (χ2v) is 6.38. The van der Waals surface area contributed by atoms with Crippen LogP contribution in [-0.2, 0) is 4.79 Å². The first-order valence-corrected chi connectivity index (χ1v) is 8.64. The molecule has 0 bridgehead atoms. The van der Waals surface area contributed by atoms with Gasteiger partial charge in [0.2, 0.25) is 12.7 Å². The lowest BCUT2D eigenvalue weighted by atomic mass is 10.3. The van der Waals surface area contributed by atoms with Crippen molar-refractivity contribution in [3.05, 3.63) is 12.1 Å². The van der Waals surface area contributed by atoms with Crippen molar-refractivity contribution in [3.8, 4) is 11.5 Å². The number of hydrogen-bond acceptors (Lipinski definition) is 6. The summed E-state index contributed by atoms with van der Waals surface area (Å²) in [4.78, 5) is 20.7. The average Bonchev–Trinajstić information content (AvgIpc) is 3.14. The van der Waals surface area contributed by atoms with Gasteiger partial charge in [-0.25, -0.2) is 4.98 Å². The Balaban J connectivity index is 0.00000208. The number of carbonyl (C=O) groups excluding carboxylic acids is 1. The molecule has 24 heavy (non-hydrogen) atoms. The number of benzene rings is 1. The molecule has 0 atom stereocenters.